The minimum atomic E-state index is 0.675. The number of allylic oxidation sites excluding steroid dienone is 1. The van der Waals surface area contributed by atoms with Crippen molar-refractivity contribution in [3.05, 3.63) is 108 Å². The lowest BCUT2D eigenvalue weighted by atomic mass is 9.87. The summed E-state index contributed by atoms with van der Waals surface area (Å²) in [6.45, 7) is 0. The molecule has 156 valence electrons. The summed E-state index contributed by atoms with van der Waals surface area (Å²) < 4.78 is 5.38. The number of hydrogen-bond donors (Lipinski definition) is 0. The summed E-state index contributed by atoms with van der Waals surface area (Å²) in [6, 6.07) is 29.4. The summed E-state index contributed by atoms with van der Waals surface area (Å²) in [7, 11) is 1.70. The second-order valence-corrected chi connectivity index (χ2v) is 7.89. The second kappa shape index (κ2) is 10.3. The van der Waals surface area contributed by atoms with E-state index in [1.165, 1.54) is 22.3 Å². The number of benzene rings is 3. The van der Waals surface area contributed by atoms with Gasteiger partial charge >= 0.3 is 0 Å². The van der Waals surface area contributed by atoms with Gasteiger partial charge in [-0.3, -0.25) is 4.98 Å². The summed E-state index contributed by atoms with van der Waals surface area (Å²) in [4.78, 5) is 4.75. The van der Waals surface area contributed by atoms with E-state index >= 15 is 0 Å². The molecule has 4 aromatic rings. The third-order valence-electron chi connectivity index (χ3n) is 5.49. The molecule has 0 aliphatic carbocycles. The fourth-order valence-corrected chi connectivity index (χ4v) is 4.12. The van der Waals surface area contributed by atoms with Crippen LogP contribution in [0, 0.1) is 0 Å². The average Bonchev–Trinajstić information content (AvgIpc) is 2.84. The van der Waals surface area contributed by atoms with E-state index in [-0.39, 0.29) is 0 Å². The molecule has 31 heavy (non-hydrogen) atoms. The molecule has 4 rings (SSSR count). The highest BCUT2D eigenvalue weighted by molar-refractivity contribution is 6.17. The number of rotatable bonds is 8. The summed E-state index contributed by atoms with van der Waals surface area (Å²) in [5.74, 6) is 1.53. The number of methoxy groups -OCH3 is 1. The van der Waals surface area contributed by atoms with Crippen LogP contribution in [0.1, 0.15) is 36.0 Å². The molecular formula is C28H26ClNO. The van der Waals surface area contributed by atoms with Crippen molar-refractivity contribution in [2.45, 2.75) is 19.3 Å². The minimum Gasteiger partial charge on any atom is -0.497 e. The van der Waals surface area contributed by atoms with Crippen molar-refractivity contribution in [2.75, 3.05) is 13.0 Å². The fraction of sp³-hybridized carbons (Fsp3) is 0.179. The normalized spacial score (nSPS) is 11.9. The zero-order valence-corrected chi connectivity index (χ0v) is 18.5. The molecule has 3 aromatic carbocycles. The lowest BCUT2D eigenvalue weighted by molar-refractivity contribution is 0.415. The van der Waals surface area contributed by atoms with Gasteiger partial charge in [0.15, 0.2) is 0 Å². The number of halogens is 1. The van der Waals surface area contributed by atoms with Crippen LogP contribution in [0.4, 0.5) is 0 Å². The van der Waals surface area contributed by atoms with Crippen LogP contribution in [0.15, 0.2) is 91.1 Å². The largest absolute Gasteiger partial charge is 0.497 e. The Labute approximate surface area is 189 Å². The topological polar surface area (TPSA) is 22.1 Å². The van der Waals surface area contributed by atoms with Crippen molar-refractivity contribution in [1.82, 2.24) is 4.98 Å². The molecule has 1 aromatic heterocycles. The number of unbranched alkanes of at least 4 members (excludes halogenated alkanes) is 1. The molecule has 2 nitrogen and oxygen atoms in total. The molecule has 0 spiro atoms. The van der Waals surface area contributed by atoms with Crippen LogP contribution in [0.3, 0.4) is 0 Å². The molecule has 0 bridgehead atoms. The first-order chi connectivity index (χ1) is 15.3. The molecule has 0 amide bonds. The number of ether oxygens (including phenoxy) is 1. The van der Waals surface area contributed by atoms with E-state index in [2.05, 4.69) is 66.7 Å². The molecule has 1 heterocycles. The van der Waals surface area contributed by atoms with Gasteiger partial charge < -0.3 is 4.74 Å². The molecule has 0 aliphatic rings. The fourth-order valence-electron chi connectivity index (χ4n) is 3.93. The molecule has 0 N–H and O–H groups in total. The van der Waals surface area contributed by atoms with Gasteiger partial charge in [0.25, 0.3) is 0 Å². The molecule has 0 saturated carbocycles. The van der Waals surface area contributed by atoms with Crippen LogP contribution in [0.5, 0.6) is 5.75 Å². The van der Waals surface area contributed by atoms with E-state index in [1.54, 1.807) is 7.11 Å². The summed E-state index contributed by atoms with van der Waals surface area (Å²) in [5, 5.41) is 1.14. The Bertz CT molecular complexity index is 1170. The minimum absolute atomic E-state index is 0.675. The standard InChI is InChI=1S/C28H26ClNO/c1-31-25-16-14-21(15-17-25)26(12-7-8-18-29)28(22-9-3-2-4-10-22)24-19-23-11-5-6-13-27(23)30-20-24/h2-6,9-11,13-17,19-20H,7-8,12,18H2,1H3/b28-26-. The van der Waals surface area contributed by atoms with Gasteiger partial charge in [-0.1, -0.05) is 60.7 Å². The summed E-state index contributed by atoms with van der Waals surface area (Å²) in [5.41, 5.74) is 7.04. The van der Waals surface area contributed by atoms with E-state index in [0.717, 1.165) is 41.5 Å². The molecule has 0 saturated heterocycles. The molecule has 0 radical (unpaired) electrons. The first-order valence-corrected chi connectivity index (χ1v) is 11.2. The number of hydrogen-bond acceptors (Lipinski definition) is 2. The maximum Gasteiger partial charge on any atom is 0.118 e. The van der Waals surface area contributed by atoms with Crippen molar-refractivity contribution in [1.29, 1.82) is 0 Å². The van der Waals surface area contributed by atoms with Crippen LogP contribution < -0.4 is 4.74 Å². The molecule has 3 heteroatoms. The molecule has 0 aliphatic heterocycles. The smallest absolute Gasteiger partial charge is 0.118 e. The third kappa shape index (κ3) is 4.98. The van der Waals surface area contributed by atoms with Gasteiger partial charge in [0.2, 0.25) is 0 Å². The Hall–Kier alpha value is -3.10. The van der Waals surface area contributed by atoms with Crippen molar-refractivity contribution >= 4 is 33.7 Å². The van der Waals surface area contributed by atoms with Crippen LogP contribution in [0.25, 0.3) is 22.0 Å². The van der Waals surface area contributed by atoms with Crippen LogP contribution in [0.2, 0.25) is 0 Å². The maximum absolute atomic E-state index is 6.01. The maximum atomic E-state index is 6.01. The highest BCUT2D eigenvalue weighted by atomic mass is 35.5. The van der Waals surface area contributed by atoms with E-state index in [1.807, 2.05) is 24.4 Å². The first-order valence-electron chi connectivity index (χ1n) is 10.6. The molecular weight excluding hydrogens is 402 g/mol. The van der Waals surface area contributed by atoms with E-state index < -0.39 is 0 Å². The summed E-state index contributed by atoms with van der Waals surface area (Å²) in [6.07, 6.45) is 4.95. The number of pyridine rings is 1. The van der Waals surface area contributed by atoms with Gasteiger partial charge in [0.1, 0.15) is 5.75 Å². The monoisotopic (exact) mass is 427 g/mol. The average molecular weight is 428 g/mol. The van der Waals surface area contributed by atoms with E-state index in [9.17, 15) is 0 Å². The molecule has 0 fully saturated rings. The molecule has 0 atom stereocenters. The first kappa shape index (κ1) is 21.1. The van der Waals surface area contributed by atoms with Crippen LogP contribution in [-0.2, 0) is 0 Å². The van der Waals surface area contributed by atoms with Gasteiger partial charge in [-0.15, -0.1) is 11.6 Å². The lowest BCUT2D eigenvalue weighted by Crippen LogP contribution is -1.98. The Morgan fingerprint density at radius 1 is 0.806 bits per heavy atom. The van der Waals surface area contributed by atoms with E-state index in [0.29, 0.717) is 5.88 Å². The number of aromatic nitrogens is 1. The van der Waals surface area contributed by atoms with Crippen LogP contribution >= 0.6 is 11.6 Å². The number of para-hydroxylation sites is 1. The van der Waals surface area contributed by atoms with Crippen molar-refractivity contribution in [2.24, 2.45) is 0 Å². The zero-order valence-electron chi connectivity index (χ0n) is 17.7. The van der Waals surface area contributed by atoms with Crippen molar-refractivity contribution in [3.8, 4) is 5.75 Å². The number of alkyl halides is 1. The lowest BCUT2D eigenvalue weighted by Gasteiger charge is -2.18. The third-order valence-corrected chi connectivity index (χ3v) is 5.76. The summed E-state index contributed by atoms with van der Waals surface area (Å²) >= 11 is 6.01. The molecule has 0 unspecified atom stereocenters. The van der Waals surface area contributed by atoms with Gasteiger partial charge in [-0.25, -0.2) is 0 Å². The van der Waals surface area contributed by atoms with Crippen molar-refractivity contribution in [3.63, 3.8) is 0 Å². The quantitative estimate of drug-likeness (QED) is 0.164. The Morgan fingerprint density at radius 3 is 2.29 bits per heavy atom. The Kier molecular flexibility index (Phi) is 7.01. The predicted molar refractivity (Wildman–Crippen MR) is 132 cm³/mol. The van der Waals surface area contributed by atoms with Gasteiger partial charge in [0, 0.05) is 23.0 Å². The van der Waals surface area contributed by atoms with Crippen LogP contribution in [-0.4, -0.2) is 18.0 Å². The Morgan fingerprint density at radius 2 is 1.55 bits per heavy atom. The zero-order chi connectivity index (χ0) is 21.5. The predicted octanol–water partition coefficient (Wildman–Crippen LogP) is 7.61. The van der Waals surface area contributed by atoms with Gasteiger partial charge in [0.05, 0.1) is 12.6 Å². The van der Waals surface area contributed by atoms with Gasteiger partial charge in [-0.05, 0) is 65.8 Å². The highest BCUT2D eigenvalue weighted by Gasteiger charge is 2.15. The van der Waals surface area contributed by atoms with Crippen molar-refractivity contribution < 1.29 is 4.74 Å². The number of nitrogens with zero attached hydrogens (tertiary/aromatic N) is 1. The number of fused-ring (bicyclic) bond motifs is 1. The SMILES string of the molecule is COc1ccc(/C(CCCCCl)=C(/c2ccccc2)c2cnc3ccccc3c2)cc1. The highest BCUT2D eigenvalue weighted by Crippen LogP contribution is 2.36. The van der Waals surface area contributed by atoms with E-state index in [4.69, 9.17) is 21.3 Å². The Balaban J connectivity index is 1.94. The second-order valence-electron chi connectivity index (χ2n) is 7.51. The van der Waals surface area contributed by atoms with Gasteiger partial charge in [-0.2, -0.15) is 0 Å².